The average Bonchev–Trinajstić information content (AvgIpc) is 3.11. The fourth-order valence-electron chi connectivity index (χ4n) is 4.00. The third-order valence-corrected chi connectivity index (χ3v) is 5.47. The normalized spacial score (nSPS) is 14.7. The summed E-state index contributed by atoms with van der Waals surface area (Å²) >= 11 is 0. The zero-order valence-corrected chi connectivity index (χ0v) is 16.0. The fraction of sp³-hybridized carbons (Fsp3) is 0.364. The van der Waals surface area contributed by atoms with Crippen molar-refractivity contribution in [2.45, 2.75) is 45.4 Å². The second kappa shape index (κ2) is 7.81. The highest BCUT2D eigenvalue weighted by Gasteiger charge is 2.20. The predicted octanol–water partition coefficient (Wildman–Crippen LogP) is 4.51. The predicted molar refractivity (Wildman–Crippen MR) is 108 cm³/mol. The molecule has 4 rings (SSSR count). The van der Waals surface area contributed by atoms with Crippen LogP contribution in [0.1, 0.15) is 49.7 Å². The van der Waals surface area contributed by atoms with Crippen LogP contribution < -0.4 is 5.32 Å². The Morgan fingerprint density at radius 2 is 2.07 bits per heavy atom. The van der Waals surface area contributed by atoms with Crippen molar-refractivity contribution in [3.05, 3.63) is 47.7 Å². The number of para-hydroxylation sites is 1. The Morgan fingerprint density at radius 3 is 2.86 bits per heavy atom. The summed E-state index contributed by atoms with van der Waals surface area (Å²) in [6.45, 7) is 2.02. The van der Waals surface area contributed by atoms with Gasteiger partial charge in [0, 0.05) is 11.8 Å². The van der Waals surface area contributed by atoms with Crippen LogP contribution in [0.3, 0.4) is 0 Å². The SMILES string of the molecule is Cc1cc(-n2ncc(C#N)c2NC(=O)CC2CCCCC2)nc2ccccc12. The first-order valence-electron chi connectivity index (χ1n) is 9.80. The summed E-state index contributed by atoms with van der Waals surface area (Å²) in [5.74, 6) is 1.34. The number of anilines is 1. The molecule has 3 aromatic rings. The molecule has 6 heteroatoms. The van der Waals surface area contributed by atoms with Gasteiger partial charge in [-0.2, -0.15) is 15.0 Å². The molecule has 142 valence electrons. The second-order valence-corrected chi connectivity index (χ2v) is 7.50. The summed E-state index contributed by atoms with van der Waals surface area (Å²) in [6.07, 6.45) is 7.81. The molecule has 1 amide bonds. The minimum absolute atomic E-state index is 0.0670. The lowest BCUT2D eigenvalue weighted by molar-refractivity contribution is -0.117. The van der Waals surface area contributed by atoms with Gasteiger partial charge in [-0.05, 0) is 43.4 Å². The maximum Gasteiger partial charge on any atom is 0.225 e. The second-order valence-electron chi connectivity index (χ2n) is 7.50. The van der Waals surface area contributed by atoms with Gasteiger partial charge in [-0.1, -0.05) is 37.5 Å². The van der Waals surface area contributed by atoms with Crippen molar-refractivity contribution in [3.63, 3.8) is 0 Å². The summed E-state index contributed by atoms with van der Waals surface area (Å²) in [4.78, 5) is 17.3. The average molecular weight is 373 g/mol. The van der Waals surface area contributed by atoms with E-state index in [2.05, 4.69) is 21.5 Å². The number of carbonyl (C=O) groups is 1. The number of nitrogens with one attached hydrogen (secondary N) is 1. The summed E-state index contributed by atoms with van der Waals surface area (Å²) in [7, 11) is 0. The highest BCUT2D eigenvalue weighted by molar-refractivity contribution is 5.91. The molecule has 1 N–H and O–H groups in total. The molecule has 2 aromatic heterocycles. The molecule has 0 atom stereocenters. The molecule has 0 saturated heterocycles. The van der Waals surface area contributed by atoms with Crippen LogP contribution in [0.4, 0.5) is 5.82 Å². The molecule has 0 aliphatic heterocycles. The van der Waals surface area contributed by atoms with Crippen LogP contribution in [0.5, 0.6) is 0 Å². The zero-order chi connectivity index (χ0) is 19.5. The lowest BCUT2D eigenvalue weighted by atomic mass is 9.87. The molecule has 2 heterocycles. The van der Waals surface area contributed by atoms with Crippen molar-refractivity contribution < 1.29 is 4.79 Å². The minimum Gasteiger partial charge on any atom is -0.309 e. The first-order valence-corrected chi connectivity index (χ1v) is 9.80. The Labute approximate surface area is 164 Å². The van der Waals surface area contributed by atoms with Gasteiger partial charge in [-0.15, -0.1) is 0 Å². The molecule has 0 spiro atoms. The first-order chi connectivity index (χ1) is 13.7. The molecule has 0 unspecified atom stereocenters. The van der Waals surface area contributed by atoms with E-state index < -0.39 is 0 Å². The highest BCUT2D eigenvalue weighted by Crippen LogP contribution is 2.28. The minimum atomic E-state index is -0.0670. The van der Waals surface area contributed by atoms with Gasteiger partial charge in [-0.3, -0.25) is 4.79 Å². The molecule has 1 aliphatic rings. The maximum atomic E-state index is 12.6. The van der Waals surface area contributed by atoms with Crippen LogP contribution in [0.15, 0.2) is 36.5 Å². The van der Waals surface area contributed by atoms with E-state index in [-0.39, 0.29) is 5.91 Å². The number of nitriles is 1. The Bertz CT molecular complexity index is 1060. The van der Waals surface area contributed by atoms with Crippen molar-refractivity contribution in [2.24, 2.45) is 5.92 Å². The number of aromatic nitrogens is 3. The van der Waals surface area contributed by atoms with E-state index in [4.69, 9.17) is 0 Å². The van der Waals surface area contributed by atoms with Crippen LogP contribution in [0.2, 0.25) is 0 Å². The van der Waals surface area contributed by atoms with E-state index in [0.717, 1.165) is 29.3 Å². The van der Waals surface area contributed by atoms with E-state index in [9.17, 15) is 10.1 Å². The highest BCUT2D eigenvalue weighted by atomic mass is 16.1. The lowest BCUT2D eigenvalue weighted by Crippen LogP contribution is -2.20. The summed E-state index contributed by atoms with van der Waals surface area (Å²) < 4.78 is 1.55. The van der Waals surface area contributed by atoms with E-state index >= 15 is 0 Å². The van der Waals surface area contributed by atoms with Crippen molar-refractivity contribution in [3.8, 4) is 11.9 Å². The lowest BCUT2D eigenvalue weighted by Gasteiger charge is -2.21. The Morgan fingerprint density at radius 1 is 1.29 bits per heavy atom. The van der Waals surface area contributed by atoms with Gasteiger partial charge in [0.2, 0.25) is 5.91 Å². The first kappa shape index (κ1) is 18.2. The van der Waals surface area contributed by atoms with Crippen LogP contribution in [-0.2, 0) is 4.79 Å². The van der Waals surface area contributed by atoms with Crippen molar-refractivity contribution in [2.75, 3.05) is 5.32 Å². The quantitative estimate of drug-likeness (QED) is 0.729. The largest absolute Gasteiger partial charge is 0.309 e. The molecule has 28 heavy (non-hydrogen) atoms. The smallest absolute Gasteiger partial charge is 0.225 e. The van der Waals surface area contributed by atoms with Gasteiger partial charge in [-0.25, -0.2) is 4.98 Å². The number of pyridine rings is 1. The Balaban J connectivity index is 1.65. The van der Waals surface area contributed by atoms with Gasteiger partial charge >= 0.3 is 0 Å². The number of amides is 1. The molecule has 0 radical (unpaired) electrons. The standard InChI is InChI=1S/C22H23N5O/c1-15-11-20(25-19-10-6-5-9-18(15)19)27-22(17(13-23)14-24-27)26-21(28)12-16-7-3-2-4-8-16/h5-6,9-11,14,16H,2-4,7-8,12H2,1H3,(H,26,28). The number of hydrogen-bond acceptors (Lipinski definition) is 4. The van der Waals surface area contributed by atoms with Crippen molar-refractivity contribution in [1.82, 2.24) is 14.8 Å². The summed E-state index contributed by atoms with van der Waals surface area (Å²) in [5, 5.41) is 17.8. The van der Waals surface area contributed by atoms with E-state index in [0.29, 0.717) is 29.5 Å². The van der Waals surface area contributed by atoms with E-state index in [1.54, 1.807) is 4.68 Å². The van der Waals surface area contributed by atoms with Crippen LogP contribution in [0.25, 0.3) is 16.7 Å². The number of carbonyl (C=O) groups excluding carboxylic acids is 1. The van der Waals surface area contributed by atoms with Gasteiger partial charge in [0.1, 0.15) is 11.6 Å². The molecule has 0 bridgehead atoms. The van der Waals surface area contributed by atoms with Gasteiger partial charge in [0.25, 0.3) is 0 Å². The van der Waals surface area contributed by atoms with Gasteiger partial charge < -0.3 is 5.32 Å². The van der Waals surface area contributed by atoms with E-state index in [1.165, 1.54) is 25.5 Å². The van der Waals surface area contributed by atoms with Crippen molar-refractivity contribution in [1.29, 1.82) is 5.26 Å². The van der Waals surface area contributed by atoms with Crippen LogP contribution >= 0.6 is 0 Å². The summed E-state index contributed by atoms with van der Waals surface area (Å²) in [5.41, 5.74) is 2.25. The number of fused-ring (bicyclic) bond motifs is 1. The molecule has 1 aliphatic carbocycles. The molecular weight excluding hydrogens is 350 g/mol. The summed E-state index contributed by atoms with van der Waals surface area (Å²) in [6, 6.07) is 11.9. The third kappa shape index (κ3) is 3.61. The monoisotopic (exact) mass is 373 g/mol. The number of aryl methyl sites for hydroxylation is 1. The molecule has 1 saturated carbocycles. The van der Waals surface area contributed by atoms with Gasteiger partial charge in [0.05, 0.1) is 11.7 Å². The molecule has 1 aromatic carbocycles. The number of rotatable bonds is 4. The Hall–Kier alpha value is -3.20. The maximum absolute atomic E-state index is 12.6. The topological polar surface area (TPSA) is 83.6 Å². The fourth-order valence-corrected chi connectivity index (χ4v) is 4.00. The Kier molecular flexibility index (Phi) is 5.07. The van der Waals surface area contributed by atoms with Crippen LogP contribution in [0, 0.1) is 24.2 Å². The molecule has 1 fully saturated rings. The van der Waals surface area contributed by atoms with E-state index in [1.807, 2.05) is 37.3 Å². The molecule has 6 nitrogen and oxygen atoms in total. The van der Waals surface area contributed by atoms with Crippen LogP contribution in [-0.4, -0.2) is 20.7 Å². The number of nitrogens with zero attached hydrogens (tertiary/aromatic N) is 4. The van der Waals surface area contributed by atoms with Gasteiger partial charge in [0.15, 0.2) is 11.6 Å². The molecular formula is C22H23N5O. The van der Waals surface area contributed by atoms with Crippen molar-refractivity contribution >= 4 is 22.6 Å². The number of hydrogen-bond donors (Lipinski definition) is 1. The zero-order valence-electron chi connectivity index (χ0n) is 16.0. The third-order valence-electron chi connectivity index (χ3n) is 5.47. The number of benzene rings is 1.